The van der Waals surface area contributed by atoms with Crippen molar-refractivity contribution < 1.29 is 9.59 Å². The lowest BCUT2D eigenvalue weighted by atomic mass is 9.92. The van der Waals surface area contributed by atoms with Crippen LogP contribution in [0, 0.1) is 23.2 Å². The summed E-state index contributed by atoms with van der Waals surface area (Å²) in [6.45, 7) is 1.86. The van der Waals surface area contributed by atoms with Crippen LogP contribution < -0.4 is 16.0 Å². The van der Waals surface area contributed by atoms with E-state index in [1.807, 2.05) is 0 Å². The molecule has 1 saturated heterocycles. The number of nitrogens with zero attached hydrogens (tertiary/aromatic N) is 1. The van der Waals surface area contributed by atoms with Crippen LogP contribution in [-0.4, -0.2) is 42.0 Å². The average molecular weight is 476 g/mol. The van der Waals surface area contributed by atoms with E-state index in [2.05, 4.69) is 27.0 Å². The number of nitrogens with one attached hydrogen (secondary N) is 4. The second kappa shape index (κ2) is 10.1. The van der Waals surface area contributed by atoms with Crippen LogP contribution >= 0.6 is 23.2 Å². The molecule has 1 aliphatic heterocycles. The van der Waals surface area contributed by atoms with E-state index in [0.717, 1.165) is 38.8 Å². The fourth-order valence-electron chi connectivity index (χ4n) is 4.30. The average Bonchev–Trinajstić information content (AvgIpc) is 3.49. The molecule has 7 nitrogen and oxygen atoms in total. The van der Waals surface area contributed by atoms with E-state index in [4.69, 9.17) is 23.2 Å². The quantitative estimate of drug-likeness (QED) is 0.465. The Balaban J connectivity index is 1.44. The molecule has 1 aromatic heterocycles. The molecule has 0 unspecified atom stereocenters. The third-order valence-electron chi connectivity index (χ3n) is 6.26. The predicted molar refractivity (Wildman–Crippen MR) is 125 cm³/mol. The van der Waals surface area contributed by atoms with Gasteiger partial charge in [0.1, 0.15) is 17.8 Å². The number of fused-ring (bicyclic) bond motifs is 1. The molecule has 4 rings (SSSR count). The molecule has 1 aliphatic carbocycles. The number of halogens is 2. The summed E-state index contributed by atoms with van der Waals surface area (Å²) in [5, 5.41) is 20.2. The Morgan fingerprint density at radius 2 is 1.91 bits per heavy atom. The van der Waals surface area contributed by atoms with E-state index < -0.39 is 18.0 Å². The minimum absolute atomic E-state index is 0.286. The lowest BCUT2D eigenvalue weighted by molar-refractivity contribution is -0.123. The van der Waals surface area contributed by atoms with Gasteiger partial charge in [-0.1, -0.05) is 36.0 Å². The maximum absolute atomic E-state index is 13.0. The van der Waals surface area contributed by atoms with Crippen molar-refractivity contribution in [2.45, 2.75) is 50.6 Å². The zero-order valence-corrected chi connectivity index (χ0v) is 19.2. The van der Waals surface area contributed by atoms with Crippen LogP contribution in [0.4, 0.5) is 0 Å². The Hall–Kier alpha value is -2.27. The molecule has 2 aromatic rings. The topological polar surface area (TPSA) is 110 Å². The van der Waals surface area contributed by atoms with Gasteiger partial charge in [-0.25, -0.2) is 0 Å². The number of aromatic amines is 1. The summed E-state index contributed by atoms with van der Waals surface area (Å²) >= 11 is 12.4. The molecule has 1 aromatic carbocycles. The number of benzene rings is 1. The summed E-state index contributed by atoms with van der Waals surface area (Å²) in [5.74, 6) is 0.0682. The zero-order chi connectivity index (χ0) is 22.7. The maximum atomic E-state index is 13.0. The van der Waals surface area contributed by atoms with Crippen LogP contribution in [0.15, 0.2) is 18.2 Å². The number of piperidine rings is 1. The van der Waals surface area contributed by atoms with Crippen LogP contribution in [0.2, 0.25) is 10.0 Å². The number of rotatable bonds is 8. The number of H-pyrrole nitrogens is 1. The molecule has 3 atom stereocenters. The van der Waals surface area contributed by atoms with Gasteiger partial charge < -0.3 is 20.9 Å². The number of nitriles is 1. The van der Waals surface area contributed by atoms with E-state index >= 15 is 0 Å². The molecule has 2 fully saturated rings. The fraction of sp³-hybridized carbons (Fsp3) is 0.522. The largest absolute Gasteiger partial charge is 0.349 e. The van der Waals surface area contributed by atoms with Crippen molar-refractivity contribution in [1.82, 2.24) is 20.9 Å². The van der Waals surface area contributed by atoms with Gasteiger partial charge in [-0.15, -0.1) is 0 Å². The minimum Gasteiger partial charge on any atom is -0.349 e. The lowest BCUT2D eigenvalue weighted by Gasteiger charge is -2.26. The third kappa shape index (κ3) is 5.55. The lowest BCUT2D eigenvalue weighted by Crippen LogP contribution is -2.50. The van der Waals surface area contributed by atoms with Gasteiger partial charge in [-0.05, 0) is 68.8 Å². The van der Waals surface area contributed by atoms with Gasteiger partial charge in [0, 0.05) is 5.39 Å². The Labute approximate surface area is 197 Å². The van der Waals surface area contributed by atoms with Gasteiger partial charge >= 0.3 is 0 Å². The summed E-state index contributed by atoms with van der Waals surface area (Å²) in [5.41, 5.74) is 0.867. The monoisotopic (exact) mass is 475 g/mol. The third-order valence-corrected chi connectivity index (χ3v) is 6.91. The molecule has 0 bridgehead atoms. The van der Waals surface area contributed by atoms with Gasteiger partial charge in [0.05, 0.1) is 21.6 Å². The zero-order valence-electron chi connectivity index (χ0n) is 17.7. The Morgan fingerprint density at radius 1 is 1.12 bits per heavy atom. The molecule has 0 spiro atoms. The van der Waals surface area contributed by atoms with E-state index in [1.54, 1.807) is 18.2 Å². The first-order chi connectivity index (χ1) is 15.4. The van der Waals surface area contributed by atoms with E-state index in [-0.39, 0.29) is 11.6 Å². The summed E-state index contributed by atoms with van der Waals surface area (Å²) in [6, 6.07) is 5.92. The number of carbonyl (C=O) groups excluding carboxylic acids is 2. The molecule has 9 heteroatoms. The van der Waals surface area contributed by atoms with Gasteiger partial charge in [0.25, 0.3) is 5.91 Å². The highest BCUT2D eigenvalue weighted by Gasteiger charge is 2.32. The van der Waals surface area contributed by atoms with Gasteiger partial charge in [-0.2, -0.15) is 5.26 Å². The molecular weight excluding hydrogens is 449 g/mol. The maximum Gasteiger partial charge on any atom is 0.268 e. The molecule has 2 aliphatic rings. The molecular formula is C23H27Cl2N5O2. The van der Waals surface area contributed by atoms with Crippen molar-refractivity contribution in [3.05, 3.63) is 33.9 Å². The highest BCUT2D eigenvalue weighted by Crippen LogP contribution is 2.34. The molecule has 1 saturated carbocycles. The van der Waals surface area contributed by atoms with E-state index in [1.165, 1.54) is 0 Å². The first kappa shape index (κ1) is 22.9. The first-order valence-corrected chi connectivity index (χ1v) is 11.9. The van der Waals surface area contributed by atoms with Crippen molar-refractivity contribution in [2.24, 2.45) is 11.8 Å². The Bertz CT molecular complexity index is 998. The molecule has 2 heterocycles. The van der Waals surface area contributed by atoms with Crippen molar-refractivity contribution in [2.75, 3.05) is 13.1 Å². The molecule has 170 valence electrons. The smallest absolute Gasteiger partial charge is 0.268 e. The minimum atomic E-state index is -0.701. The van der Waals surface area contributed by atoms with Gasteiger partial charge in [0.2, 0.25) is 5.91 Å². The summed E-state index contributed by atoms with van der Waals surface area (Å²) < 4.78 is 0. The van der Waals surface area contributed by atoms with Crippen LogP contribution in [0.1, 0.15) is 49.0 Å². The number of aromatic nitrogens is 1. The molecule has 0 radical (unpaired) electrons. The van der Waals surface area contributed by atoms with Crippen molar-refractivity contribution in [3.8, 4) is 6.07 Å². The summed E-state index contributed by atoms with van der Waals surface area (Å²) in [6.07, 6.45) is 5.39. The van der Waals surface area contributed by atoms with E-state index in [9.17, 15) is 14.9 Å². The van der Waals surface area contributed by atoms with Crippen LogP contribution in [0.25, 0.3) is 10.9 Å². The van der Waals surface area contributed by atoms with Crippen LogP contribution in [-0.2, 0) is 4.79 Å². The second-order valence-corrected chi connectivity index (χ2v) is 9.66. The number of hydrogen-bond donors (Lipinski definition) is 4. The SMILES string of the molecule is N#C[C@H](C[C@@H]1CCCNC1)NC(=O)[C@H](CC1CC1)NC(=O)c1cc2c(Cl)ccc(Cl)c2[nH]1. The molecule has 2 amide bonds. The second-order valence-electron chi connectivity index (χ2n) is 8.84. The van der Waals surface area contributed by atoms with Crippen molar-refractivity contribution in [3.63, 3.8) is 0 Å². The fourth-order valence-corrected chi connectivity index (χ4v) is 4.73. The van der Waals surface area contributed by atoms with Gasteiger partial charge in [-0.3, -0.25) is 9.59 Å². The van der Waals surface area contributed by atoms with E-state index in [0.29, 0.717) is 45.6 Å². The summed E-state index contributed by atoms with van der Waals surface area (Å²) in [4.78, 5) is 29.0. The van der Waals surface area contributed by atoms with Crippen molar-refractivity contribution >= 4 is 45.9 Å². The highest BCUT2D eigenvalue weighted by atomic mass is 35.5. The summed E-state index contributed by atoms with van der Waals surface area (Å²) in [7, 11) is 0. The predicted octanol–water partition coefficient (Wildman–Crippen LogP) is 3.77. The number of amides is 2. The number of hydrogen-bond acceptors (Lipinski definition) is 4. The standard InChI is InChI=1S/C23H27Cl2N5O2/c24-17-5-6-18(25)21-16(17)10-20(29-21)23(32)30-19(9-13-3-4-13)22(31)28-15(11-26)8-14-2-1-7-27-12-14/h5-6,10,13-15,19,27,29H,1-4,7-9,12H2,(H,28,31)(H,30,32)/t14-,15-,19-/m0/s1. The Morgan fingerprint density at radius 3 is 2.56 bits per heavy atom. The molecule has 4 N–H and O–H groups in total. The highest BCUT2D eigenvalue weighted by molar-refractivity contribution is 6.40. The first-order valence-electron chi connectivity index (χ1n) is 11.1. The van der Waals surface area contributed by atoms with Gasteiger partial charge in [0.15, 0.2) is 0 Å². The van der Waals surface area contributed by atoms with Crippen LogP contribution in [0.3, 0.4) is 0 Å². The normalized spacial score (nSPS) is 20.3. The van der Waals surface area contributed by atoms with Crippen LogP contribution in [0.5, 0.6) is 0 Å². The molecule has 32 heavy (non-hydrogen) atoms. The number of carbonyl (C=O) groups is 2. The Kier molecular flexibility index (Phi) is 7.24. The van der Waals surface area contributed by atoms with Crippen molar-refractivity contribution in [1.29, 1.82) is 5.26 Å².